The zero-order valence-electron chi connectivity index (χ0n) is 9.61. The standard InChI is InChI=1S/C14H15NO2/c15-14(6-3-7-14)9-11(16)13-8-10-4-1-2-5-12(10)17-13/h1-2,4-5,8H,3,6-7,9,15H2. The topological polar surface area (TPSA) is 56.2 Å². The minimum Gasteiger partial charge on any atom is -0.453 e. The van der Waals surface area contributed by atoms with E-state index < -0.39 is 0 Å². The fraction of sp³-hybridized carbons (Fsp3) is 0.357. The molecule has 0 spiro atoms. The predicted molar refractivity (Wildman–Crippen MR) is 65.9 cm³/mol. The Morgan fingerprint density at radius 1 is 1.35 bits per heavy atom. The second-order valence-electron chi connectivity index (χ2n) is 4.96. The molecule has 0 amide bonds. The minimum absolute atomic E-state index is 0.0170. The number of hydrogen-bond donors (Lipinski definition) is 1. The van der Waals surface area contributed by atoms with Crippen molar-refractivity contribution in [2.75, 3.05) is 0 Å². The van der Waals surface area contributed by atoms with Gasteiger partial charge in [-0.05, 0) is 31.4 Å². The van der Waals surface area contributed by atoms with E-state index >= 15 is 0 Å². The Kier molecular flexibility index (Phi) is 2.30. The van der Waals surface area contributed by atoms with E-state index in [1.54, 1.807) is 6.07 Å². The molecule has 1 heterocycles. The van der Waals surface area contributed by atoms with Crippen LogP contribution in [0.1, 0.15) is 36.2 Å². The summed E-state index contributed by atoms with van der Waals surface area (Å²) in [5, 5.41) is 0.968. The number of carbonyl (C=O) groups excluding carboxylic acids is 1. The van der Waals surface area contributed by atoms with Crippen LogP contribution in [0.2, 0.25) is 0 Å². The SMILES string of the molecule is NC1(CC(=O)c2cc3ccccc3o2)CCC1. The maximum atomic E-state index is 12.0. The quantitative estimate of drug-likeness (QED) is 0.823. The van der Waals surface area contributed by atoms with Crippen molar-refractivity contribution in [3.8, 4) is 0 Å². The van der Waals surface area contributed by atoms with E-state index in [1.165, 1.54) is 0 Å². The van der Waals surface area contributed by atoms with Crippen LogP contribution in [-0.4, -0.2) is 11.3 Å². The summed E-state index contributed by atoms with van der Waals surface area (Å²) >= 11 is 0. The lowest BCUT2D eigenvalue weighted by molar-refractivity contribution is 0.0886. The summed E-state index contributed by atoms with van der Waals surface area (Å²) in [6, 6.07) is 9.45. The average molecular weight is 229 g/mol. The first-order valence-corrected chi connectivity index (χ1v) is 5.97. The normalized spacial score (nSPS) is 17.9. The van der Waals surface area contributed by atoms with E-state index in [4.69, 9.17) is 10.2 Å². The third-order valence-corrected chi connectivity index (χ3v) is 3.56. The Labute approximate surface area is 99.6 Å². The smallest absolute Gasteiger partial charge is 0.199 e. The van der Waals surface area contributed by atoms with E-state index in [0.717, 1.165) is 30.2 Å². The lowest BCUT2D eigenvalue weighted by Crippen LogP contribution is -2.48. The second-order valence-corrected chi connectivity index (χ2v) is 4.96. The number of benzene rings is 1. The van der Waals surface area contributed by atoms with Gasteiger partial charge in [-0.1, -0.05) is 18.2 Å². The first-order valence-electron chi connectivity index (χ1n) is 5.97. The van der Waals surface area contributed by atoms with E-state index in [-0.39, 0.29) is 11.3 Å². The van der Waals surface area contributed by atoms with Crippen LogP contribution in [0.25, 0.3) is 11.0 Å². The van der Waals surface area contributed by atoms with Crippen molar-refractivity contribution in [2.24, 2.45) is 5.73 Å². The van der Waals surface area contributed by atoms with Crippen LogP contribution in [0.15, 0.2) is 34.7 Å². The number of furan rings is 1. The molecule has 1 aromatic heterocycles. The van der Waals surface area contributed by atoms with Crippen LogP contribution >= 0.6 is 0 Å². The van der Waals surface area contributed by atoms with Crippen molar-refractivity contribution in [2.45, 2.75) is 31.2 Å². The first-order chi connectivity index (χ1) is 8.16. The van der Waals surface area contributed by atoms with Gasteiger partial charge < -0.3 is 10.2 Å². The molecular formula is C14H15NO2. The Hall–Kier alpha value is -1.61. The molecule has 0 radical (unpaired) electrons. The highest BCUT2D eigenvalue weighted by Gasteiger charge is 2.35. The van der Waals surface area contributed by atoms with Crippen LogP contribution in [0.3, 0.4) is 0 Å². The fourth-order valence-electron chi connectivity index (χ4n) is 2.33. The molecule has 0 bridgehead atoms. The van der Waals surface area contributed by atoms with Crippen molar-refractivity contribution in [1.82, 2.24) is 0 Å². The van der Waals surface area contributed by atoms with Crippen LogP contribution in [0.4, 0.5) is 0 Å². The Morgan fingerprint density at radius 2 is 2.12 bits per heavy atom. The van der Waals surface area contributed by atoms with Gasteiger partial charge in [-0.25, -0.2) is 0 Å². The van der Waals surface area contributed by atoms with E-state index in [1.807, 2.05) is 24.3 Å². The van der Waals surface area contributed by atoms with Gasteiger partial charge in [0.2, 0.25) is 0 Å². The first kappa shape index (κ1) is 10.5. The van der Waals surface area contributed by atoms with Crippen molar-refractivity contribution >= 4 is 16.8 Å². The highest BCUT2D eigenvalue weighted by molar-refractivity contribution is 5.98. The molecule has 2 N–H and O–H groups in total. The van der Waals surface area contributed by atoms with Gasteiger partial charge >= 0.3 is 0 Å². The lowest BCUT2D eigenvalue weighted by Gasteiger charge is -2.37. The maximum Gasteiger partial charge on any atom is 0.199 e. The van der Waals surface area contributed by atoms with E-state index in [0.29, 0.717) is 12.2 Å². The van der Waals surface area contributed by atoms with Gasteiger partial charge in [-0.2, -0.15) is 0 Å². The predicted octanol–water partition coefficient (Wildman–Crippen LogP) is 2.89. The summed E-state index contributed by atoms with van der Waals surface area (Å²) < 4.78 is 5.54. The van der Waals surface area contributed by atoms with Crippen molar-refractivity contribution in [3.63, 3.8) is 0 Å². The highest BCUT2D eigenvalue weighted by Crippen LogP contribution is 2.33. The lowest BCUT2D eigenvalue weighted by atomic mass is 9.74. The molecule has 0 unspecified atom stereocenters. The molecule has 1 aromatic carbocycles. The Bertz CT molecular complexity index is 533. The highest BCUT2D eigenvalue weighted by atomic mass is 16.3. The molecule has 0 aliphatic heterocycles. The summed E-state index contributed by atoms with van der Waals surface area (Å²) in [6.07, 6.45) is 3.41. The number of para-hydroxylation sites is 1. The van der Waals surface area contributed by atoms with Gasteiger partial charge in [0.05, 0.1) is 0 Å². The van der Waals surface area contributed by atoms with Crippen molar-refractivity contribution in [1.29, 1.82) is 0 Å². The minimum atomic E-state index is -0.282. The number of Topliss-reactive ketones (excluding diaryl/α,β-unsaturated/α-hetero) is 1. The third-order valence-electron chi connectivity index (χ3n) is 3.56. The molecule has 1 aliphatic rings. The largest absolute Gasteiger partial charge is 0.453 e. The van der Waals surface area contributed by atoms with Gasteiger partial charge in [-0.3, -0.25) is 4.79 Å². The number of hydrogen-bond acceptors (Lipinski definition) is 3. The summed E-state index contributed by atoms with van der Waals surface area (Å²) in [7, 11) is 0. The summed E-state index contributed by atoms with van der Waals surface area (Å²) in [4.78, 5) is 12.0. The van der Waals surface area contributed by atoms with E-state index in [2.05, 4.69) is 0 Å². The molecular weight excluding hydrogens is 214 g/mol. The van der Waals surface area contributed by atoms with Crippen molar-refractivity contribution < 1.29 is 9.21 Å². The molecule has 1 saturated carbocycles. The zero-order valence-corrected chi connectivity index (χ0v) is 9.61. The number of fused-ring (bicyclic) bond motifs is 1. The van der Waals surface area contributed by atoms with Crippen LogP contribution in [0.5, 0.6) is 0 Å². The molecule has 2 aromatic rings. The maximum absolute atomic E-state index is 12.0. The molecule has 88 valence electrons. The van der Waals surface area contributed by atoms with Crippen LogP contribution in [0, 0.1) is 0 Å². The van der Waals surface area contributed by atoms with Crippen molar-refractivity contribution in [3.05, 3.63) is 36.1 Å². The Balaban J connectivity index is 1.85. The molecule has 0 saturated heterocycles. The molecule has 3 nitrogen and oxygen atoms in total. The molecule has 1 aliphatic carbocycles. The molecule has 17 heavy (non-hydrogen) atoms. The van der Waals surface area contributed by atoms with Crippen LogP contribution < -0.4 is 5.73 Å². The Morgan fingerprint density at radius 3 is 2.76 bits per heavy atom. The third kappa shape index (κ3) is 1.87. The molecule has 3 rings (SSSR count). The summed E-state index contributed by atoms with van der Waals surface area (Å²) in [5.74, 6) is 0.450. The van der Waals surface area contributed by atoms with Gasteiger partial charge in [0.15, 0.2) is 11.5 Å². The number of nitrogens with two attached hydrogens (primary N) is 1. The number of ketones is 1. The summed E-state index contributed by atoms with van der Waals surface area (Å²) in [6.45, 7) is 0. The average Bonchev–Trinajstić information content (AvgIpc) is 2.70. The van der Waals surface area contributed by atoms with Gasteiger partial charge in [-0.15, -0.1) is 0 Å². The monoisotopic (exact) mass is 229 g/mol. The fourth-order valence-corrected chi connectivity index (χ4v) is 2.33. The number of rotatable bonds is 3. The molecule has 3 heteroatoms. The van der Waals surface area contributed by atoms with Gasteiger partial charge in [0.1, 0.15) is 5.58 Å². The molecule has 0 atom stereocenters. The van der Waals surface area contributed by atoms with Gasteiger partial charge in [0, 0.05) is 17.3 Å². The summed E-state index contributed by atoms with van der Waals surface area (Å²) in [5.41, 5.74) is 6.55. The van der Waals surface area contributed by atoms with Crippen LogP contribution in [-0.2, 0) is 0 Å². The van der Waals surface area contributed by atoms with E-state index in [9.17, 15) is 4.79 Å². The number of carbonyl (C=O) groups is 1. The molecule has 1 fully saturated rings. The zero-order chi connectivity index (χ0) is 11.9. The second kappa shape index (κ2) is 3.70. The van der Waals surface area contributed by atoms with Gasteiger partial charge in [0.25, 0.3) is 0 Å².